The van der Waals surface area contributed by atoms with Crippen molar-refractivity contribution in [1.82, 2.24) is 10.3 Å². The Kier molecular flexibility index (Phi) is 8.02. The number of carbonyl (C=O) groups is 1. The summed E-state index contributed by atoms with van der Waals surface area (Å²) in [5.74, 6) is 1.29. The smallest absolute Gasteiger partial charge is 0.307 e. The molecule has 0 unspecified atom stereocenters. The van der Waals surface area contributed by atoms with Crippen molar-refractivity contribution in [2.75, 3.05) is 19.7 Å². The van der Waals surface area contributed by atoms with Crippen LogP contribution in [0, 0.1) is 5.92 Å². The highest BCUT2D eigenvalue weighted by molar-refractivity contribution is 5.69. The zero-order valence-electron chi connectivity index (χ0n) is 14.9. The SMILES string of the molecule is CCOC(=O)CCNCC1CCC(Oc2ccc(CC)cn2)CC1. The second kappa shape index (κ2) is 10.3. The van der Waals surface area contributed by atoms with E-state index in [4.69, 9.17) is 9.47 Å². The first-order valence-corrected chi connectivity index (χ1v) is 9.19. The van der Waals surface area contributed by atoms with Crippen LogP contribution in [0.25, 0.3) is 0 Å². The van der Waals surface area contributed by atoms with Crippen molar-refractivity contribution in [2.45, 2.75) is 58.5 Å². The molecule has 0 radical (unpaired) electrons. The summed E-state index contributed by atoms with van der Waals surface area (Å²) in [6.07, 6.45) is 8.08. The van der Waals surface area contributed by atoms with E-state index in [9.17, 15) is 4.79 Å². The van der Waals surface area contributed by atoms with E-state index in [-0.39, 0.29) is 12.1 Å². The van der Waals surface area contributed by atoms with Gasteiger partial charge in [0.15, 0.2) is 0 Å². The van der Waals surface area contributed by atoms with Gasteiger partial charge in [0.05, 0.1) is 13.0 Å². The number of hydrogen-bond donors (Lipinski definition) is 1. The van der Waals surface area contributed by atoms with Crippen molar-refractivity contribution < 1.29 is 14.3 Å². The molecule has 1 aromatic heterocycles. The largest absolute Gasteiger partial charge is 0.474 e. The number of esters is 1. The third-order valence-corrected chi connectivity index (χ3v) is 4.53. The van der Waals surface area contributed by atoms with Gasteiger partial charge in [-0.1, -0.05) is 13.0 Å². The highest BCUT2D eigenvalue weighted by atomic mass is 16.5. The number of ether oxygens (including phenoxy) is 2. The van der Waals surface area contributed by atoms with Crippen molar-refractivity contribution in [3.05, 3.63) is 23.9 Å². The van der Waals surface area contributed by atoms with E-state index in [1.165, 1.54) is 5.56 Å². The van der Waals surface area contributed by atoms with Gasteiger partial charge in [-0.15, -0.1) is 0 Å². The minimum atomic E-state index is -0.122. The Balaban J connectivity index is 1.60. The zero-order valence-corrected chi connectivity index (χ0v) is 14.9. The summed E-state index contributed by atoms with van der Waals surface area (Å²) in [6, 6.07) is 4.06. The quantitative estimate of drug-likeness (QED) is 0.555. The van der Waals surface area contributed by atoms with Gasteiger partial charge in [-0.3, -0.25) is 4.79 Å². The lowest BCUT2D eigenvalue weighted by Gasteiger charge is -2.28. The van der Waals surface area contributed by atoms with E-state index >= 15 is 0 Å². The Labute approximate surface area is 145 Å². The van der Waals surface area contributed by atoms with Crippen LogP contribution in [0.4, 0.5) is 0 Å². The second-order valence-corrected chi connectivity index (χ2v) is 6.38. The van der Waals surface area contributed by atoms with Crippen molar-refractivity contribution in [3.8, 4) is 5.88 Å². The maximum atomic E-state index is 11.3. The number of carbonyl (C=O) groups excluding carboxylic acids is 1. The van der Waals surface area contributed by atoms with Crippen LogP contribution in [0.15, 0.2) is 18.3 Å². The fraction of sp³-hybridized carbons (Fsp3) is 0.684. The molecule has 134 valence electrons. The molecule has 0 saturated heterocycles. The van der Waals surface area contributed by atoms with Crippen LogP contribution in [0.3, 0.4) is 0 Å². The molecule has 1 aliphatic rings. The number of aryl methyl sites for hydroxylation is 1. The van der Waals surface area contributed by atoms with Gasteiger partial charge in [-0.2, -0.15) is 0 Å². The van der Waals surface area contributed by atoms with E-state index in [1.807, 2.05) is 19.2 Å². The molecule has 0 amide bonds. The maximum absolute atomic E-state index is 11.3. The Morgan fingerprint density at radius 1 is 1.25 bits per heavy atom. The first-order chi connectivity index (χ1) is 11.7. The normalized spacial score (nSPS) is 20.6. The Morgan fingerprint density at radius 3 is 2.67 bits per heavy atom. The summed E-state index contributed by atoms with van der Waals surface area (Å²) in [4.78, 5) is 15.6. The van der Waals surface area contributed by atoms with Gasteiger partial charge >= 0.3 is 5.97 Å². The zero-order chi connectivity index (χ0) is 17.2. The summed E-state index contributed by atoms with van der Waals surface area (Å²) in [6.45, 7) is 6.08. The van der Waals surface area contributed by atoms with E-state index in [0.717, 1.165) is 44.5 Å². The fourth-order valence-corrected chi connectivity index (χ4v) is 3.04. The third-order valence-electron chi connectivity index (χ3n) is 4.53. The standard InChI is InChI=1S/C19H30N2O3/c1-3-15-7-10-18(21-14-15)24-17-8-5-16(6-9-17)13-20-12-11-19(22)23-4-2/h7,10,14,16-17,20H,3-6,8-9,11-13H2,1-2H3. The van der Waals surface area contributed by atoms with Crippen LogP contribution in [0.1, 0.15) is 51.5 Å². The minimum Gasteiger partial charge on any atom is -0.474 e. The number of rotatable bonds is 9. The first-order valence-electron chi connectivity index (χ1n) is 9.19. The molecule has 0 aliphatic heterocycles. The molecular weight excluding hydrogens is 304 g/mol. The first kappa shape index (κ1) is 18.7. The molecule has 1 aliphatic carbocycles. The third kappa shape index (κ3) is 6.48. The van der Waals surface area contributed by atoms with Crippen LogP contribution in [-0.2, 0) is 16.0 Å². The topological polar surface area (TPSA) is 60.5 Å². The molecule has 0 atom stereocenters. The molecule has 1 fully saturated rings. The number of nitrogens with zero attached hydrogens (tertiary/aromatic N) is 1. The Bertz CT molecular complexity index is 482. The van der Waals surface area contributed by atoms with Crippen molar-refractivity contribution in [1.29, 1.82) is 0 Å². The van der Waals surface area contributed by atoms with Gasteiger partial charge in [0.2, 0.25) is 5.88 Å². The lowest BCUT2D eigenvalue weighted by Crippen LogP contribution is -2.31. The molecule has 0 bridgehead atoms. The van der Waals surface area contributed by atoms with E-state index in [0.29, 0.717) is 25.5 Å². The predicted octanol–water partition coefficient (Wildman–Crippen LogP) is 3.12. The molecule has 24 heavy (non-hydrogen) atoms. The molecule has 1 heterocycles. The number of pyridine rings is 1. The Hall–Kier alpha value is -1.62. The number of nitrogens with one attached hydrogen (secondary N) is 1. The molecule has 5 heteroatoms. The van der Waals surface area contributed by atoms with Crippen molar-refractivity contribution >= 4 is 5.97 Å². The van der Waals surface area contributed by atoms with Gasteiger partial charge < -0.3 is 14.8 Å². The lowest BCUT2D eigenvalue weighted by molar-refractivity contribution is -0.142. The molecule has 1 N–H and O–H groups in total. The molecule has 0 aromatic carbocycles. The van der Waals surface area contributed by atoms with Crippen LogP contribution in [-0.4, -0.2) is 36.8 Å². The van der Waals surface area contributed by atoms with Gasteiger partial charge in [-0.25, -0.2) is 4.98 Å². The minimum absolute atomic E-state index is 0.122. The maximum Gasteiger partial charge on any atom is 0.307 e. The van der Waals surface area contributed by atoms with Gasteiger partial charge in [0.1, 0.15) is 6.10 Å². The monoisotopic (exact) mass is 334 g/mol. The van der Waals surface area contributed by atoms with Crippen LogP contribution < -0.4 is 10.1 Å². The second-order valence-electron chi connectivity index (χ2n) is 6.38. The van der Waals surface area contributed by atoms with Crippen molar-refractivity contribution in [2.24, 2.45) is 5.92 Å². The molecule has 0 spiro atoms. The average Bonchev–Trinajstić information content (AvgIpc) is 2.61. The highest BCUT2D eigenvalue weighted by Gasteiger charge is 2.22. The van der Waals surface area contributed by atoms with E-state index in [2.05, 4.69) is 23.3 Å². The summed E-state index contributed by atoms with van der Waals surface area (Å²) in [7, 11) is 0. The van der Waals surface area contributed by atoms with Crippen LogP contribution >= 0.6 is 0 Å². The fourth-order valence-electron chi connectivity index (χ4n) is 3.04. The molecule has 1 aromatic rings. The van der Waals surface area contributed by atoms with Crippen LogP contribution in [0.5, 0.6) is 5.88 Å². The molecule has 1 saturated carbocycles. The van der Waals surface area contributed by atoms with Crippen LogP contribution in [0.2, 0.25) is 0 Å². The van der Waals surface area contributed by atoms with E-state index in [1.54, 1.807) is 0 Å². The summed E-state index contributed by atoms with van der Waals surface area (Å²) in [5, 5.41) is 3.37. The molecule has 2 rings (SSSR count). The van der Waals surface area contributed by atoms with Gasteiger partial charge in [0, 0.05) is 18.8 Å². The summed E-state index contributed by atoms with van der Waals surface area (Å²) in [5.41, 5.74) is 1.24. The number of hydrogen-bond acceptors (Lipinski definition) is 5. The molecular formula is C19H30N2O3. The molecule has 5 nitrogen and oxygen atoms in total. The van der Waals surface area contributed by atoms with Crippen molar-refractivity contribution in [3.63, 3.8) is 0 Å². The summed E-state index contributed by atoms with van der Waals surface area (Å²) >= 11 is 0. The van der Waals surface area contributed by atoms with E-state index < -0.39 is 0 Å². The van der Waals surface area contributed by atoms with Gasteiger partial charge in [0.25, 0.3) is 0 Å². The number of aromatic nitrogens is 1. The highest BCUT2D eigenvalue weighted by Crippen LogP contribution is 2.26. The predicted molar refractivity (Wildman–Crippen MR) is 94.1 cm³/mol. The Morgan fingerprint density at radius 2 is 2.04 bits per heavy atom. The van der Waals surface area contributed by atoms with Gasteiger partial charge in [-0.05, 0) is 57.1 Å². The summed E-state index contributed by atoms with van der Waals surface area (Å²) < 4.78 is 10.9. The average molecular weight is 334 g/mol. The lowest BCUT2D eigenvalue weighted by atomic mass is 9.87.